The van der Waals surface area contributed by atoms with E-state index in [2.05, 4.69) is 44.7 Å². The van der Waals surface area contributed by atoms with Crippen molar-refractivity contribution in [2.45, 2.75) is 46.2 Å². The van der Waals surface area contributed by atoms with Gasteiger partial charge in [-0.25, -0.2) is 0 Å². The lowest BCUT2D eigenvalue weighted by atomic mass is 10.00. The molecule has 4 nitrogen and oxygen atoms in total. The molecule has 0 bridgehead atoms. The summed E-state index contributed by atoms with van der Waals surface area (Å²) in [6, 6.07) is 0.783. The Morgan fingerprint density at radius 2 is 2.00 bits per heavy atom. The van der Waals surface area contributed by atoms with Crippen molar-refractivity contribution in [1.29, 1.82) is 0 Å². The minimum atomic E-state index is 0.257. The van der Waals surface area contributed by atoms with Crippen molar-refractivity contribution < 1.29 is 0 Å². The molecule has 0 aliphatic rings. The Labute approximate surface area is 111 Å². The standard InChI is InChI=1S/C14H28N4/c1-10(2)7-11(3)17(5)14(8-15)13-9-16-18(6)12(13)4/h9-11,14H,7-8,15H2,1-6H3. The molecule has 18 heavy (non-hydrogen) atoms. The van der Waals surface area contributed by atoms with E-state index in [-0.39, 0.29) is 6.04 Å². The van der Waals surface area contributed by atoms with Gasteiger partial charge >= 0.3 is 0 Å². The summed E-state index contributed by atoms with van der Waals surface area (Å²) in [6.45, 7) is 9.53. The van der Waals surface area contributed by atoms with E-state index in [1.165, 1.54) is 17.7 Å². The summed E-state index contributed by atoms with van der Waals surface area (Å²) < 4.78 is 1.92. The molecule has 0 aliphatic heterocycles. The third kappa shape index (κ3) is 3.33. The van der Waals surface area contributed by atoms with E-state index < -0.39 is 0 Å². The zero-order valence-corrected chi connectivity index (χ0v) is 12.6. The molecule has 0 aromatic carbocycles. The van der Waals surface area contributed by atoms with Crippen LogP contribution in [0.4, 0.5) is 0 Å². The van der Waals surface area contributed by atoms with Gasteiger partial charge in [0.15, 0.2) is 0 Å². The molecule has 0 spiro atoms. The van der Waals surface area contributed by atoms with Gasteiger partial charge in [-0.2, -0.15) is 5.10 Å². The van der Waals surface area contributed by atoms with Crippen molar-refractivity contribution in [3.8, 4) is 0 Å². The zero-order chi connectivity index (χ0) is 13.9. The van der Waals surface area contributed by atoms with Crippen LogP contribution in [0.25, 0.3) is 0 Å². The highest BCUT2D eigenvalue weighted by molar-refractivity contribution is 5.21. The van der Waals surface area contributed by atoms with Gasteiger partial charge in [0.25, 0.3) is 0 Å². The largest absolute Gasteiger partial charge is 0.329 e. The van der Waals surface area contributed by atoms with Crippen LogP contribution in [0.1, 0.15) is 44.5 Å². The number of nitrogens with two attached hydrogens (primary N) is 1. The summed E-state index contributed by atoms with van der Waals surface area (Å²) in [5, 5.41) is 4.32. The zero-order valence-electron chi connectivity index (χ0n) is 12.6. The summed E-state index contributed by atoms with van der Waals surface area (Å²) in [6.07, 6.45) is 3.14. The molecular formula is C14H28N4. The fourth-order valence-corrected chi connectivity index (χ4v) is 2.51. The van der Waals surface area contributed by atoms with Crippen LogP contribution in [0, 0.1) is 12.8 Å². The summed E-state index contributed by atoms with van der Waals surface area (Å²) in [7, 11) is 4.14. The highest BCUT2D eigenvalue weighted by atomic mass is 15.3. The second-order valence-electron chi connectivity index (χ2n) is 5.70. The van der Waals surface area contributed by atoms with Crippen molar-refractivity contribution in [1.82, 2.24) is 14.7 Å². The molecule has 2 unspecified atom stereocenters. The Morgan fingerprint density at radius 3 is 2.39 bits per heavy atom. The van der Waals surface area contributed by atoms with Crippen LogP contribution in [0.15, 0.2) is 6.20 Å². The van der Waals surface area contributed by atoms with Gasteiger partial charge in [0.05, 0.1) is 12.2 Å². The molecule has 0 amide bonds. The fraction of sp³-hybridized carbons (Fsp3) is 0.786. The lowest BCUT2D eigenvalue weighted by molar-refractivity contribution is 0.168. The second-order valence-corrected chi connectivity index (χ2v) is 5.70. The number of likely N-dealkylation sites (N-methyl/N-ethyl adjacent to an activating group) is 1. The monoisotopic (exact) mass is 252 g/mol. The molecule has 1 rings (SSSR count). The van der Waals surface area contributed by atoms with Crippen LogP contribution in [0.5, 0.6) is 0 Å². The summed E-state index contributed by atoms with van der Waals surface area (Å²) in [5.41, 5.74) is 8.42. The van der Waals surface area contributed by atoms with Crippen molar-refractivity contribution in [2.24, 2.45) is 18.7 Å². The van der Waals surface area contributed by atoms with E-state index in [1.54, 1.807) is 0 Å². The number of aryl methyl sites for hydroxylation is 1. The molecule has 1 heterocycles. The van der Waals surface area contributed by atoms with E-state index in [1.807, 2.05) is 17.9 Å². The van der Waals surface area contributed by atoms with E-state index in [4.69, 9.17) is 5.73 Å². The van der Waals surface area contributed by atoms with Crippen LogP contribution < -0.4 is 5.73 Å². The average Bonchev–Trinajstić information content (AvgIpc) is 2.61. The maximum atomic E-state index is 5.97. The summed E-state index contributed by atoms with van der Waals surface area (Å²) in [4.78, 5) is 2.38. The van der Waals surface area contributed by atoms with Gasteiger partial charge in [0, 0.05) is 30.9 Å². The molecule has 4 heteroatoms. The Hall–Kier alpha value is -0.870. The van der Waals surface area contributed by atoms with Crippen LogP contribution in [0.3, 0.4) is 0 Å². The van der Waals surface area contributed by atoms with Gasteiger partial charge in [0.1, 0.15) is 0 Å². The van der Waals surface area contributed by atoms with E-state index in [0.717, 1.165) is 0 Å². The Balaban J connectivity index is 2.86. The van der Waals surface area contributed by atoms with E-state index in [0.29, 0.717) is 18.5 Å². The quantitative estimate of drug-likeness (QED) is 0.843. The number of hydrogen-bond donors (Lipinski definition) is 1. The second kappa shape index (κ2) is 6.34. The summed E-state index contributed by atoms with van der Waals surface area (Å²) in [5.74, 6) is 0.705. The molecule has 2 N–H and O–H groups in total. The Kier molecular flexibility index (Phi) is 5.35. The van der Waals surface area contributed by atoms with E-state index >= 15 is 0 Å². The van der Waals surface area contributed by atoms with Gasteiger partial charge in [-0.3, -0.25) is 9.58 Å². The molecule has 0 saturated carbocycles. The third-order valence-electron chi connectivity index (χ3n) is 3.85. The predicted octanol–water partition coefficient (Wildman–Crippen LogP) is 2.09. The van der Waals surface area contributed by atoms with Crippen LogP contribution >= 0.6 is 0 Å². The van der Waals surface area contributed by atoms with Crippen molar-refractivity contribution >= 4 is 0 Å². The smallest absolute Gasteiger partial charge is 0.0540 e. The highest BCUT2D eigenvalue weighted by Gasteiger charge is 2.23. The number of hydrogen-bond acceptors (Lipinski definition) is 3. The van der Waals surface area contributed by atoms with Gasteiger partial charge in [-0.05, 0) is 33.2 Å². The minimum absolute atomic E-state index is 0.257. The molecule has 0 saturated heterocycles. The van der Waals surface area contributed by atoms with Crippen molar-refractivity contribution in [3.05, 3.63) is 17.5 Å². The minimum Gasteiger partial charge on any atom is -0.329 e. The molecule has 0 fully saturated rings. The molecular weight excluding hydrogens is 224 g/mol. The molecule has 1 aromatic rings. The van der Waals surface area contributed by atoms with Crippen molar-refractivity contribution in [3.63, 3.8) is 0 Å². The maximum Gasteiger partial charge on any atom is 0.0540 e. The van der Waals surface area contributed by atoms with Gasteiger partial charge in [0.2, 0.25) is 0 Å². The van der Waals surface area contributed by atoms with Crippen LogP contribution in [-0.2, 0) is 7.05 Å². The fourth-order valence-electron chi connectivity index (χ4n) is 2.51. The SMILES string of the molecule is Cc1c(C(CN)N(C)C(C)CC(C)C)cnn1C. The molecule has 2 atom stereocenters. The Bertz CT molecular complexity index is 370. The van der Waals surface area contributed by atoms with Crippen molar-refractivity contribution in [2.75, 3.05) is 13.6 Å². The summed E-state index contributed by atoms with van der Waals surface area (Å²) >= 11 is 0. The maximum absolute atomic E-state index is 5.97. The molecule has 0 aliphatic carbocycles. The number of aromatic nitrogens is 2. The first kappa shape index (κ1) is 15.2. The average molecular weight is 252 g/mol. The first-order valence-corrected chi connectivity index (χ1v) is 6.79. The van der Waals surface area contributed by atoms with Crippen LogP contribution in [0.2, 0.25) is 0 Å². The van der Waals surface area contributed by atoms with Gasteiger partial charge in [-0.1, -0.05) is 13.8 Å². The molecule has 0 radical (unpaired) electrons. The number of nitrogens with zero attached hydrogens (tertiary/aromatic N) is 3. The first-order valence-electron chi connectivity index (χ1n) is 6.79. The molecule has 104 valence electrons. The number of rotatable bonds is 6. The van der Waals surface area contributed by atoms with E-state index in [9.17, 15) is 0 Å². The lowest BCUT2D eigenvalue weighted by Crippen LogP contribution is -2.38. The lowest BCUT2D eigenvalue weighted by Gasteiger charge is -2.33. The van der Waals surface area contributed by atoms with Gasteiger partial charge in [-0.15, -0.1) is 0 Å². The Morgan fingerprint density at radius 1 is 1.39 bits per heavy atom. The van der Waals surface area contributed by atoms with Gasteiger partial charge < -0.3 is 5.73 Å². The third-order valence-corrected chi connectivity index (χ3v) is 3.85. The normalized spacial score (nSPS) is 15.4. The topological polar surface area (TPSA) is 47.1 Å². The van der Waals surface area contributed by atoms with Crippen LogP contribution in [-0.4, -0.2) is 34.3 Å². The predicted molar refractivity (Wildman–Crippen MR) is 76.4 cm³/mol. The first-order chi connectivity index (χ1) is 8.38. The molecule has 1 aromatic heterocycles. The highest BCUT2D eigenvalue weighted by Crippen LogP contribution is 2.25.